The van der Waals surface area contributed by atoms with Crippen molar-refractivity contribution < 1.29 is 9.47 Å². The Balaban J connectivity index is 0.00000338. The molecule has 0 radical (unpaired) electrons. The van der Waals surface area contributed by atoms with Crippen LogP contribution in [-0.4, -0.2) is 56.9 Å². The summed E-state index contributed by atoms with van der Waals surface area (Å²) in [5.74, 6) is 0.913. The van der Waals surface area contributed by atoms with Gasteiger partial charge in [0.05, 0.1) is 12.7 Å². The maximum Gasteiger partial charge on any atom is 0.193 e. The van der Waals surface area contributed by atoms with E-state index in [1.165, 1.54) is 5.56 Å². The van der Waals surface area contributed by atoms with Gasteiger partial charge in [-0.15, -0.1) is 24.0 Å². The highest BCUT2D eigenvalue weighted by atomic mass is 127. The van der Waals surface area contributed by atoms with Gasteiger partial charge in [0.1, 0.15) is 0 Å². The van der Waals surface area contributed by atoms with Crippen molar-refractivity contribution >= 4 is 41.5 Å². The Kier molecular flexibility index (Phi) is 12.3. The van der Waals surface area contributed by atoms with E-state index in [1.807, 2.05) is 31.3 Å². The second kappa shape index (κ2) is 13.6. The Morgan fingerprint density at radius 3 is 2.81 bits per heavy atom. The van der Waals surface area contributed by atoms with Crippen molar-refractivity contribution in [3.63, 3.8) is 0 Å². The third kappa shape index (κ3) is 8.88. The molecule has 0 aromatic heterocycles. The summed E-state index contributed by atoms with van der Waals surface area (Å²) in [7, 11) is 2.05. The topological polar surface area (TPSA) is 46.1 Å². The molecule has 1 aromatic rings. The summed E-state index contributed by atoms with van der Waals surface area (Å²) in [4.78, 5) is 6.82. The van der Waals surface area contributed by atoms with E-state index in [2.05, 4.69) is 17.1 Å². The van der Waals surface area contributed by atoms with Gasteiger partial charge in [0.2, 0.25) is 0 Å². The smallest absolute Gasteiger partial charge is 0.193 e. The number of benzene rings is 1. The summed E-state index contributed by atoms with van der Waals surface area (Å²) < 4.78 is 11.2. The van der Waals surface area contributed by atoms with Crippen molar-refractivity contribution in [2.24, 2.45) is 4.99 Å². The summed E-state index contributed by atoms with van der Waals surface area (Å²) in [6.07, 6.45) is 3.49. The number of hydrogen-bond acceptors (Lipinski definition) is 3. The van der Waals surface area contributed by atoms with Crippen LogP contribution in [0.5, 0.6) is 0 Å². The van der Waals surface area contributed by atoms with E-state index < -0.39 is 0 Å². The van der Waals surface area contributed by atoms with Crippen LogP contribution in [-0.2, 0) is 16.0 Å². The van der Waals surface area contributed by atoms with E-state index in [0.29, 0.717) is 12.7 Å². The lowest BCUT2D eigenvalue weighted by molar-refractivity contribution is 0.0170. The number of guanidine groups is 1. The molecule has 1 aliphatic heterocycles. The monoisotopic (exact) mass is 495 g/mol. The number of aliphatic imine (C=N–C) groups is 1. The normalized spacial score (nSPS) is 17.0. The third-order valence-electron chi connectivity index (χ3n) is 4.07. The molecule has 0 spiro atoms. The van der Waals surface area contributed by atoms with Gasteiger partial charge < -0.3 is 19.7 Å². The van der Waals surface area contributed by atoms with Crippen molar-refractivity contribution in [2.75, 3.05) is 40.0 Å². The number of nitrogens with one attached hydrogen (secondary N) is 1. The number of ether oxygens (including phenoxy) is 2. The Bertz CT molecular complexity index is 522. The van der Waals surface area contributed by atoms with E-state index in [1.54, 1.807) is 0 Å². The fourth-order valence-electron chi connectivity index (χ4n) is 2.75. The van der Waals surface area contributed by atoms with Crippen LogP contribution in [0, 0.1) is 0 Å². The van der Waals surface area contributed by atoms with Gasteiger partial charge in [0.25, 0.3) is 0 Å². The molecule has 0 bridgehead atoms. The second-order valence-corrected chi connectivity index (χ2v) is 6.72. The molecule has 148 valence electrons. The predicted molar refractivity (Wildman–Crippen MR) is 119 cm³/mol. The molecule has 1 aliphatic rings. The highest BCUT2D eigenvalue weighted by Gasteiger charge is 2.14. The van der Waals surface area contributed by atoms with Crippen molar-refractivity contribution in [3.05, 3.63) is 34.9 Å². The number of rotatable bonds is 9. The quantitative estimate of drug-likeness (QED) is 0.244. The van der Waals surface area contributed by atoms with E-state index in [9.17, 15) is 0 Å². The van der Waals surface area contributed by atoms with E-state index in [0.717, 1.165) is 63.1 Å². The molecule has 2 rings (SSSR count). The summed E-state index contributed by atoms with van der Waals surface area (Å²) in [6, 6.07) is 7.92. The maximum absolute atomic E-state index is 5.94. The zero-order valence-electron chi connectivity index (χ0n) is 15.7. The first-order valence-corrected chi connectivity index (χ1v) is 9.50. The van der Waals surface area contributed by atoms with Gasteiger partial charge in [-0.05, 0) is 43.9 Å². The third-order valence-corrected chi connectivity index (χ3v) is 4.32. The number of nitrogens with zero attached hydrogens (tertiary/aromatic N) is 2. The van der Waals surface area contributed by atoms with Gasteiger partial charge in [-0.3, -0.25) is 4.99 Å². The molecule has 0 saturated carbocycles. The first-order chi connectivity index (χ1) is 12.2. The minimum Gasteiger partial charge on any atom is -0.379 e. The number of hydrogen-bond donors (Lipinski definition) is 1. The lowest BCUT2D eigenvalue weighted by atomic mass is 10.2. The largest absolute Gasteiger partial charge is 0.379 e. The highest BCUT2D eigenvalue weighted by Crippen LogP contribution is 2.12. The fourth-order valence-corrected chi connectivity index (χ4v) is 2.88. The highest BCUT2D eigenvalue weighted by molar-refractivity contribution is 14.0. The van der Waals surface area contributed by atoms with Crippen LogP contribution >= 0.6 is 35.6 Å². The van der Waals surface area contributed by atoms with Gasteiger partial charge in [-0.1, -0.05) is 23.7 Å². The average Bonchev–Trinajstić information content (AvgIpc) is 3.12. The zero-order valence-corrected chi connectivity index (χ0v) is 18.8. The summed E-state index contributed by atoms with van der Waals surface area (Å²) in [5, 5.41) is 4.10. The van der Waals surface area contributed by atoms with Gasteiger partial charge in [0.15, 0.2) is 5.96 Å². The standard InChI is InChI=1S/C19H30ClN3O2.HI/c1-3-21-19(23(2)14-16-7-9-17(20)10-8-16)22-11-5-12-24-15-18-6-4-13-25-18;/h7-10,18H,3-6,11-15H2,1-2H3,(H,21,22);1H. The molecular weight excluding hydrogens is 465 g/mol. The van der Waals surface area contributed by atoms with Crippen molar-refractivity contribution in [1.82, 2.24) is 10.2 Å². The van der Waals surface area contributed by atoms with Crippen LogP contribution in [0.1, 0.15) is 31.7 Å². The molecule has 1 fully saturated rings. The first kappa shape index (κ1) is 23.5. The van der Waals surface area contributed by atoms with E-state index in [4.69, 9.17) is 26.1 Å². The van der Waals surface area contributed by atoms with Gasteiger partial charge in [-0.25, -0.2) is 0 Å². The molecule has 7 heteroatoms. The minimum absolute atomic E-state index is 0. The second-order valence-electron chi connectivity index (χ2n) is 6.28. The van der Waals surface area contributed by atoms with Crippen LogP contribution in [0.2, 0.25) is 5.02 Å². The molecule has 0 amide bonds. The van der Waals surface area contributed by atoms with Gasteiger partial charge in [-0.2, -0.15) is 0 Å². The number of halogens is 2. The van der Waals surface area contributed by atoms with Gasteiger partial charge >= 0.3 is 0 Å². The van der Waals surface area contributed by atoms with Crippen molar-refractivity contribution in [2.45, 2.75) is 38.8 Å². The minimum atomic E-state index is 0. The molecule has 1 saturated heterocycles. The Labute approximate surface area is 179 Å². The fraction of sp³-hybridized carbons (Fsp3) is 0.632. The molecule has 5 nitrogen and oxygen atoms in total. The average molecular weight is 496 g/mol. The molecule has 0 aliphatic carbocycles. The van der Waals surface area contributed by atoms with E-state index >= 15 is 0 Å². The van der Waals surface area contributed by atoms with Gasteiger partial charge in [0, 0.05) is 44.9 Å². The molecule has 1 heterocycles. The lowest BCUT2D eigenvalue weighted by Crippen LogP contribution is -2.38. The van der Waals surface area contributed by atoms with Crippen LogP contribution < -0.4 is 5.32 Å². The molecule has 1 N–H and O–H groups in total. The Morgan fingerprint density at radius 2 is 2.15 bits per heavy atom. The maximum atomic E-state index is 5.94. The lowest BCUT2D eigenvalue weighted by Gasteiger charge is -2.22. The summed E-state index contributed by atoms with van der Waals surface area (Å²) in [5.41, 5.74) is 1.21. The van der Waals surface area contributed by atoms with Crippen molar-refractivity contribution in [3.8, 4) is 0 Å². The molecule has 1 atom stereocenters. The molecule has 1 aromatic carbocycles. The van der Waals surface area contributed by atoms with Crippen LogP contribution in [0.15, 0.2) is 29.3 Å². The van der Waals surface area contributed by atoms with Crippen LogP contribution in [0.3, 0.4) is 0 Å². The van der Waals surface area contributed by atoms with Crippen LogP contribution in [0.4, 0.5) is 0 Å². The SMILES string of the molecule is CCNC(=NCCCOCC1CCCO1)N(C)Cc1ccc(Cl)cc1.I. The van der Waals surface area contributed by atoms with E-state index in [-0.39, 0.29) is 24.0 Å². The van der Waals surface area contributed by atoms with Crippen LogP contribution in [0.25, 0.3) is 0 Å². The Morgan fingerprint density at radius 1 is 1.38 bits per heavy atom. The molecule has 26 heavy (non-hydrogen) atoms. The molecule has 1 unspecified atom stereocenters. The Hall–Kier alpha value is -0.570. The van der Waals surface area contributed by atoms with Crippen molar-refractivity contribution in [1.29, 1.82) is 0 Å². The first-order valence-electron chi connectivity index (χ1n) is 9.12. The zero-order chi connectivity index (χ0) is 17.9. The summed E-state index contributed by atoms with van der Waals surface area (Å²) in [6.45, 7) is 6.78. The summed E-state index contributed by atoms with van der Waals surface area (Å²) >= 11 is 5.94. The molecular formula is C19H31ClIN3O2. The predicted octanol–water partition coefficient (Wildman–Crippen LogP) is 3.94.